The number of nitrogens with zero attached hydrogens (tertiary/aromatic N) is 1. The monoisotopic (exact) mass is 297 g/mol. The molecule has 0 N–H and O–H groups in total. The molecular weight excluding hydrogens is 278 g/mol. The molecule has 114 valence electrons. The van der Waals surface area contributed by atoms with Crippen molar-refractivity contribution in [1.29, 1.82) is 0 Å². The van der Waals surface area contributed by atoms with E-state index >= 15 is 0 Å². The first-order valence-electron chi connectivity index (χ1n) is 7.97. The number of hydrogen-bond acceptors (Lipinski definition) is 4. The fourth-order valence-electron chi connectivity index (χ4n) is 3.90. The number of aromatic nitrogens is 1. The van der Waals surface area contributed by atoms with Crippen molar-refractivity contribution < 1.29 is 14.1 Å². The molecule has 2 aliphatic rings. The van der Waals surface area contributed by atoms with Gasteiger partial charge in [0.1, 0.15) is 12.3 Å². The zero-order valence-corrected chi connectivity index (χ0v) is 12.4. The first-order valence-corrected chi connectivity index (χ1v) is 7.97. The summed E-state index contributed by atoms with van der Waals surface area (Å²) in [7, 11) is 0. The number of esters is 1. The first kappa shape index (κ1) is 13.6. The highest BCUT2D eigenvalue weighted by Crippen LogP contribution is 2.48. The zero-order valence-electron chi connectivity index (χ0n) is 12.4. The van der Waals surface area contributed by atoms with Crippen LogP contribution in [0.25, 0.3) is 11.3 Å². The van der Waals surface area contributed by atoms with Crippen molar-refractivity contribution in [2.45, 2.75) is 32.3 Å². The number of rotatable bonds is 4. The van der Waals surface area contributed by atoms with Crippen LogP contribution in [-0.4, -0.2) is 11.1 Å². The topological polar surface area (TPSA) is 52.3 Å². The quantitative estimate of drug-likeness (QED) is 0.805. The summed E-state index contributed by atoms with van der Waals surface area (Å²) in [6.07, 6.45) is 4.70. The van der Waals surface area contributed by atoms with Gasteiger partial charge in [-0.3, -0.25) is 4.79 Å². The highest BCUT2D eigenvalue weighted by atomic mass is 16.5. The van der Waals surface area contributed by atoms with Crippen molar-refractivity contribution in [1.82, 2.24) is 5.16 Å². The molecule has 2 fully saturated rings. The summed E-state index contributed by atoms with van der Waals surface area (Å²) in [6, 6.07) is 11.6. The lowest BCUT2D eigenvalue weighted by atomic mass is 9.89. The van der Waals surface area contributed by atoms with Gasteiger partial charge >= 0.3 is 5.97 Å². The maximum absolute atomic E-state index is 12.2. The summed E-state index contributed by atoms with van der Waals surface area (Å²) in [4.78, 5) is 12.2. The average Bonchev–Trinajstić information content (AvgIpc) is 3.29. The first-order chi connectivity index (χ1) is 10.8. The summed E-state index contributed by atoms with van der Waals surface area (Å²) < 4.78 is 10.8. The van der Waals surface area contributed by atoms with Gasteiger partial charge in [0, 0.05) is 11.6 Å². The molecule has 2 aliphatic carbocycles. The van der Waals surface area contributed by atoms with Crippen LogP contribution in [0.3, 0.4) is 0 Å². The Labute approximate surface area is 129 Å². The summed E-state index contributed by atoms with van der Waals surface area (Å²) in [5.74, 6) is 2.05. The van der Waals surface area contributed by atoms with Gasteiger partial charge in [0.05, 0.1) is 5.92 Å². The SMILES string of the molecule is O=C(OCc1cc(-c2ccccc2)on1)[C@@H]1C[C@H]2CC[C@H]1C2. The summed E-state index contributed by atoms with van der Waals surface area (Å²) in [6.45, 7) is 0.197. The lowest BCUT2D eigenvalue weighted by molar-refractivity contribution is -0.151. The summed E-state index contributed by atoms with van der Waals surface area (Å²) in [5, 5.41) is 3.99. The third-order valence-corrected chi connectivity index (χ3v) is 5.02. The Bertz CT molecular complexity index is 664. The Morgan fingerprint density at radius 3 is 2.82 bits per heavy atom. The van der Waals surface area contributed by atoms with E-state index in [-0.39, 0.29) is 18.5 Å². The van der Waals surface area contributed by atoms with Crippen molar-refractivity contribution >= 4 is 5.97 Å². The molecule has 1 heterocycles. The molecular formula is C18H19NO3. The second-order valence-electron chi connectivity index (χ2n) is 6.44. The minimum absolute atomic E-state index is 0.0588. The molecule has 4 nitrogen and oxygen atoms in total. The Hall–Kier alpha value is -2.10. The number of ether oxygens (including phenoxy) is 1. The van der Waals surface area contributed by atoms with Crippen LogP contribution in [0, 0.1) is 17.8 Å². The average molecular weight is 297 g/mol. The Kier molecular flexibility index (Phi) is 3.45. The van der Waals surface area contributed by atoms with E-state index in [1.807, 2.05) is 36.4 Å². The molecule has 0 amide bonds. The van der Waals surface area contributed by atoms with Gasteiger partial charge in [0.25, 0.3) is 0 Å². The van der Waals surface area contributed by atoms with Crippen LogP contribution < -0.4 is 0 Å². The van der Waals surface area contributed by atoms with E-state index in [1.54, 1.807) is 0 Å². The molecule has 0 spiro atoms. The van der Waals surface area contributed by atoms with Crippen LogP contribution in [0.2, 0.25) is 0 Å². The van der Waals surface area contributed by atoms with Gasteiger partial charge in [-0.25, -0.2) is 0 Å². The van der Waals surface area contributed by atoms with Crippen molar-refractivity contribution in [3.8, 4) is 11.3 Å². The van der Waals surface area contributed by atoms with Crippen molar-refractivity contribution in [2.75, 3.05) is 0 Å². The minimum atomic E-state index is -0.0588. The minimum Gasteiger partial charge on any atom is -0.459 e. The Balaban J connectivity index is 1.36. The molecule has 4 rings (SSSR count). The standard InChI is InChI=1S/C18H19NO3/c20-18(16-9-12-6-7-14(16)8-12)21-11-15-10-17(22-19-15)13-4-2-1-3-5-13/h1-5,10,12,14,16H,6-9,11H2/t12-,14-,16+/m0/s1. The van der Waals surface area contributed by atoms with Gasteiger partial charge < -0.3 is 9.26 Å². The zero-order chi connectivity index (χ0) is 14.9. The maximum atomic E-state index is 12.2. The molecule has 0 radical (unpaired) electrons. The largest absolute Gasteiger partial charge is 0.459 e. The van der Waals surface area contributed by atoms with Crippen molar-refractivity contribution in [3.05, 3.63) is 42.1 Å². The number of carbonyl (C=O) groups is 1. The number of fused-ring (bicyclic) bond motifs is 2. The third kappa shape index (κ3) is 2.54. The lowest BCUT2D eigenvalue weighted by Gasteiger charge is -2.19. The molecule has 1 aromatic carbocycles. The van der Waals surface area contributed by atoms with E-state index in [2.05, 4.69) is 5.16 Å². The Morgan fingerprint density at radius 1 is 1.23 bits per heavy atom. The second kappa shape index (κ2) is 5.59. The predicted octanol–water partition coefficient (Wildman–Crippen LogP) is 3.82. The van der Waals surface area contributed by atoms with Crippen LogP contribution in [0.5, 0.6) is 0 Å². The lowest BCUT2D eigenvalue weighted by Crippen LogP contribution is -2.23. The van der Waals surface area contributed by atoms with Crippen LogP contribution in [0.15, 0.2) is 40.9 Å². The number of hydrogen-bond donors (Lipinski definition) is 0. The van der Waals surface area contributed by atoms with Crippen molar-refractivity contribution in [3.63, 3.8) is 0 Å². The molecule has 22 heavy (non-hydrogen) atoms. The number of carbonyl (C=O) groups excluding carboxylic acids is 1. The fourth-order valence-corrected chi connectivity index (χ4v) is 3.90. The molecule has 0 unspecified atom stereocenters. The van der Waals surface area contributed by atoms with E-state index in [0.717, 1.165) is 17.9 Å². The van der Waals surface area contributed by atoms with Gasteiger partial charge in [-0.05, 0) is 31.1 Å². The van der Waals surface area contributed by atoms with Crippen LogP contribution >= 0.6 is 0 Å². The van der Waals surface area contributed by atoms with Gasteiger partial charge in [-0.15, -0.1) is 0 Å². The van der Waals surface area contributed by atoms with Gasteiger partial charge in [0.2, 0.25) is 0 Å². The molecule has 3 atom stereocenters. The van der Waals surface area contributed by atoms with Crippen LogP contribution in [0.1, 0.15) is 31.4 Å². The van der Waals surface area contributed by atoms with Crippen LogP contribution in [0.4, 0.5) is 0 Å². The van der Waals surface area contributed by atoms with E-state index < -0.39 is 0 Å². The molecule has 0 aliphatic heterocycles. The summed E-state index contributed by atoms with van der Waals surface area (Å²) in [5.41, 5.74) is 1.64. The van der Waals surface area contributed by atoms with Gasteiger partial charge in [-0.1, -0.05) is 41.9 Å². The third-order valence-electron chi connectivity index (χ3n) is 5.02. The molecule has 1 aromatic heterocycles. The van der Waals surface area contributed by atoms with E-state index in [0.29, 0.717) is 17.4 Å². The highest BCUT2D eigenvalue weighted by Gasteiger charge is 2.43. The number of benzene rings is 1. The molecule has 0 saturated heterocycles. The van der Waals surface area contributed by atoms with Crippen LogP contribution in [-0.2, 0) is 16.1 Å². The normalized spacial score (nSPS) is 26.3. The fraction of sp³-hybridized carbons (Fsp3) is 0.444. The maximum Gasteiger partial charge on any atom is 0.309 e. The molecule has 2 aromatic rings. The molecule has 2 bridgehead atoms. The van der Waals surface area contributed by atoms with E-state index in [1.165, 1.54) is 19.3 Å². The Morgan fingerprint density at radius 2 is 2.09 bits per heavy atom. The van der Waals surface area contributed by atoms with E-state index in [9.17, 15) is 4.79 Å². The highest BCUT2D eigenvalue weighted by molar-refractivity contribution is 5.73. The molecule has 2 saturated carbocycles. The molecule has 4 heteroatoms. The summed E-state index contributed by atoms with van der Waals surface area (Å²) >= 11 is 0. The van der Waals surface area contributed by atoms with Gasteiger partial charge in [-0.2, -0.15) is 0 Å². The second-order valence-corrected chi connectivity index (χ2v) is 6.44. The van der Waals surface area contributed by atoms with E-state index in [4.69, 9.17) is 9.26 Å². The van der Waals surface area contributed by atoms with Gasteiger partial charge in [0.15, 0.2) is 5.76 Å². The smallest absolute Gasteiger partial charge is 0.309 e. The van der Waals surface area contributed by atoms with Crippen molar-refractivity contribution in [2.24, 2.45) is 17.8 Å². The predicted molar refractivity (Wildman–Crippen MR) is 80.7 cm³/mol.